The molecule has 0 bridgehead atoms. The van der Waals surface area contributed by atoms with Crippen molar-refractivity contribution in [1.82, 2.24) is 15.3 Å². The summed E-state index contributed by atoms with van der Waals surface area (Å²) in [5.41, 5.74) is 2.43. The van der Waals surface area contributed by atoms with Crippen LogP contribution in [0.3, 0.4) is 0 Å². The van der Waals surface area contributed by atoms with E-state index in [2.05, 4.69) is 50.4 Å². The van der Waals surface area contributed by atoms with E-state index in [1.54, 1.807) is 13.0 Å². The second-order valence-corrected chi connectivity index (χ2v) is 7.09. The van der Waals surface area contributed by atoms with Crippen molar-refractivity contribution in [2.24, 2.45) is 5.92 Å². The maximum atomic E-state index is 12.3. The molecule has 128 valence electrons. The number of benzene rings is 1. The Morgan fingerprint density at radius 2 is 1.96 bits per heavy atom. The SMILES string of the molecule is Cc1ccc(Nc2cc(C(=O)NCCC(C)C)nc(C)n2)c(Br)c1. The number of amides is 1. The Labute approximate surface area is 151 Å². The number of halogens is 1. The molecular formula is C18H23BrN4O. The molecule has 0 saturated carbocycles. The van der Waals surface area contributed by atoms with E-state index in [1.807, 2.05) is 25.1 Å². The van der Waals surface area contributed by atoms with Crippen LogP contribution in [0, 0.1) is 19.8 Å². The van der Waals surface area contributed by atoms with Gasteiger partial charge in [-0.1, -0.05) is 19.9 Å². The maximum absolute atomic E-state index is 12.3. The predicted molar refractivity (Wildman–Crippen MR) is 101 cm³/mol. The fourth-order valence-corrected chi connectivity index (χ4v) is 2.76. The van der Waals surface area contributed by atoms with E-state index in [4.69, 9.17) is 0 Å². The van der Waals surface area contributed by atoms with Crippen LogP contribution in [0.15, 0.2) is 28.7 Å². The standard InChI is InChI=1S/C18H23BrN4O/c1-11(2)7-8-20-18(24)16-10-17(22-13(4)21-16)23-15-6-5-12(3)9-14(15)19/h5-6,9-11H,7-8H2,1-4H3,(H,20,24)(H,21,22,23). The molecule has 1 aromatic heterocycles. The molecule has 1 amide bonds. The molecule has 0 saturated heterocycles. The Balaban J connectivity index is 2.14. The number of aromatic nitrogens is 2. The largest absolute Gasteiger partial charge is 0.351 e. The van der Waals surface area contributed by atoms with Crippen molar-refractivity contribution in [2.75, 3.05) is 11.9 Å². The highest BCUT2D eigenvalue weighted by atomic mass is 79.9. The highest BCUT2D eigenvalue weighted by Gasteiger charge is 2.11. The summed E-state index contributed by atoms with van der Waals surface area (Å²) in [6.07, 6.45) is 0.942. The van der Waals surface area contributed by atoms with Gasteiger partial charge in [-0.2, -0.15) is 0 Å². The minimum absolute atomic E-state index is 0.174. The monoisotopic (exact) mass is 390 g/mol. The van der Waals surface area contributed by atoms with Gasteiger partial charge in [-0.05, 0) is 59.8 Å². The summed E-state index contributed by atoms with van der Waals surface area (Å²) in [7, 11) is 0. The Morgan fingerprint density at radius 1 is 1.21 bits per heavy atom. The van der Waals surface area contributed by atoms with Crippen molar-refractivity contribution in [3.8, 4) is 0 Å². The third kappa shape index (κ3) is 5.30. The number of aryl methyl sites for hydroxylation is 2. The van der Waals surface area contributed by atoms with Gasteiger partial charge in [0.05, 0.1) is 5.69 Å². The molecule has 2 rings (SSSR count). The highest BCUT2D eigenvalue weighted by Crippen LogP contribution is 2.26. The van der Waals surface area contributed by atoms with Crippen molar-refractivity contribution >= 4 is 33.3 Å². The van der Waals surface area contributed by atoms with Gasteiger partial charge in [-0.15, -0.1) is 0 Å². The fraction of sp³-hybridized carbons (Fsp3) is 0.389. The van der Waals surface area contributed by atoms with Gasteiger partial charge in [0.1, 0.15) is 17.3 Å². The molecule has 6 heteroatoms. The fourth-order valence-electron chi connectivity index (χ4n) is 2.17. The van der Waals surface area contributed by atoms with E-state index in [0.717, 1.165) is 22.1 Å². The van der Waals surface area contributed by atoms with Crippen LogP contribution < -0.4 is 10.6 Å². The van der Waals surface area contributed by atoms with Crippen LogP contribution in [0.25, 0.3) is 0 Å². The van der Waals surface area contributed by atoms with E-state index < -0.39 is 0 Å². The Morgan fingerprint density at radius 3 is 2.62 bits per heavy atom. The first kappa shape index (κ1) is 18.4. The average molecular weight is 391 g/mol. The van der Waals surface area contributed by atoms with E-state index in [9.17, 15) is 4.79 Å². The number of anilines is 2. The highest BCUT2D eigenvalue weighted by molar-refractivity contribution is 9.10. The third-order valence-electron chi connectivity index (χ3n) is 3.47. The molecule has 0 unspecified atom stereocenters. The number of rotatable bonds is 6. The number of hydrogen-bond donors (Lipinski definition) is 2. The lowest BCUT2D eigenvalue weighted by molar-refractivity contribution is 0.0946. The van der Waals surface area contributed by atoms with Crippen LogP contribution in [0.2, 0.25) is 0 Å². The summed E-state index contributed by atoms with van der Waals surface area (Å²) in [4.78, 5) is 20.9. The van der Waals surface area contributed by atoms with Crippen molar-refractivity contribution in [1.29, 1.82) is 0 Å². The topological polar surface area (TPSA) is 66.9 Å². The second-order valence-electron chi connectivity index (χ2n) is 6.23. The average Bonchev–Trinajstić information content (AvgIpc) is 2.49. The zero-order valence-corrected chi connectivity index (χ0v) is 16.1. The molecule has 24 heavy (non-hydrogen) atoms. The van der Waals surface area contributed by atoms with E-state index in [0.29, 0.717) is 29.8 Å². The molecule has 0 spiro atoms. The maximum Gasteiger partial charge on any atom is 0.270 e. The molecule has 1 heterocycles. The number of hydrogen-bond acceptors (Lipinski definition) is 4. The Bertz CT molecular complexity index is 731. The normalized spacial score (nSPS) is 10.8. The van der Waals surface area contributed by atoms with Gasteiger partial charge >= 0.3 is 0 Å². The van der Waals surface area contributed by atoms with Gasteiger partial charge in [-0.25, -0.2) is 9.97 Å². The smallest absolute Gasteiger partial charge is 0.270 e. The first-order chi connectivity index (χ1) is 11.3. The van der Waals surface area contributed by atoms with Gasteiger partial charge in [-0.3, -0.25) is 4.79 Å². The molecule has 2 aromatic rings. The lowest BCUT2D eigenvalue weighted by atomic mass is 10.1. The minimum atomic E-state index is -0.174. The van der Waals surface area contributed by atoms with Gasteiger partial charge < -0.3 is 10.6 Å². The molecule has 0 aliphatic carbocycles. The Hall–Kier alpha value is -1.95. The van der Waals surface area contributed by atoms with Crippen LogP contribution in [0.5, 0.6) is 0 Å². The number of nitrogens with zero attached hydrogens (tertiary/aromatic N) is 2. The van der Waals surface area contributed by atoms with Gasteiger partial charge in [0.25, 0.3) is 5.91 Å². The molecular weight excluding hydrogens is 368 g/mol. The summed E-state index contributed by atoms with van der Waals surface area (Å²) in [6.45, 7) is 8.71. The molecule has 0 atom stereocenters. The predicted octanol–water partition coefficient (Wildman–Crippen LogP) is 4.38. The van der Waals surface area contributed by atoms with Crippen molar-refractivity contribution in [2.45, 2.75) is 34.1 Å². The lowest BCUT2D eigenvalue weighted by Crippen LogP contribution is -2.26. The number of carbonyl (C=O) groups excluding carboxylic acids is 1. The summed E-state index contributed by atoms with van der Waals surface area (Å²) < 4.78 is 0.946. The zero-order valence-electron chi connectivity index (χ0n) is 14.5. The summed E-state index contributed by atoms with van der Waals surface area (Å²) >= 11 is 3.53. The van der Waals surface area contributed by atoms with Crippen molar-refractivity contribution in [3.05, 3.63) is 45.8 Å². The van der Waals surface area contributed by atoms with Crippen LogP contribution in [0.1, 0.15) is 42.1 Å². The van der Waals surface area contributed by atoms with E-state index in [1.165, 1.54) is 0 Å². The lowest BCUT2D eigenvalue weighted by Gasteiger charge is -2.11. The van der Waals surface area contributed by atoms with E-state index in [-0.39, 0.29) is 5.91 Å². The molecule has 5 nitrogen and oxygen atoms in total. The summed E-state index contributed by atoms with van der Waals surface area (Å²) in [5, 5.41) is 6.13. The zero-order chi connectivity index (χ0) is 17.7. The summed E-state index contributed by atoms with van der Waals surface area (Å²) in [5.74, 6) is 1.53. The van der Waals surface area contributed by atoms with Crippen LogP contribution >= 0.6 is 15.9 Å². The van der Waals surface area contributed by atoms with Crippen molar-refractivity contribution in [3.63, 3.8) is 0 Å². The van der Waals surface area contributed by atoms with Gasteiger partial charge in [0.2, 0.25) is 0 Å². The number of carbonyl (C=O) groups is 1. The summed E-state index contributed by atoms with van der Waals surface area (Å²) in [6, 6.07) is 7.68. The first-order valence-corrected chi connectivity index (χ1v) is 8.81. The van der Waals surface area contributed by atoms with Crippen LogP contribution in [0.4, 0.5) is 11.5 Å². The van der Waals surface area contributed by atoms with Gasteiger partial charge in [0.15, 0.2) is 0 Å². The Kier molecular flexibility index (Phi) is 6.31. The molecule has 2 N–H and O–H groups in total. The van der Waals surface area contributed by atoms with Crippen molar-refractivity contribution < 1.29 is 4.79 Å². The van der Waals surface area contributed by atoms with Gasteiger partial charge in [0, 0.05) is 17.1 Å². The third-order valence-corrected chi connectivity index (χ3v) is 4.12. The number of nitrogens with one attached hydrogen (secondary N) is 2. The van der Waals surface area contributed by atoms with Crippen LogP contribution in [-0.4, -0.2) is 22.4 Å². The quantitative estimate of drug-likeness (QED) is 0.767. The molecule has 0 radical (unpaired) electrons. The van der Waals surface area contributed by atoms with E-state index >= 15 is 0 Å². The molecule has 1 aromatic carbocycles. The minimum Gasteiger partial charge on any atom is -0.351 e. The molecule has 0 aliphatic heterocycles. The molecule has 0 fully saturated rings. The first-order valence-electron chi connectivity index (χ1n) is 8.02. The second kappa shape index (κ2) is 8.24. The van der Waals surface area contributed by atoms with Crippen LogP contribution in [-0.2, 0) is 0 Å². The molecule has 0 aliphatic rings.